The largest absolute Gasteiger partial charge is 0.327 e. The Morgan fingerprint density at radius 3 is 2.33 bits per heavy atom. The Bertz CT molecular complexity index is 383. The molecule has 18 heavy (non-hydrogen) atoms. The summed E-state index contributed by atoms with van der Waals surface area (Å²) in [5.74, 6) is -0.273. The molecule has 4 heteroatoms. The van der Waals surface area contributed by atoms with Gasteiger partial charge in [-0.05, 0) is 49.9 Å². The van der Waals surface area contributed by atoms with E-state index in [1.165, 1.54) is 42.7 Å². The van der Waals surface area contributed by atoms with Crippen molar-refractivity contribution in [2.45, 2.75) is 25.7 Å². The number of hydrogen-bond acceptors (Lipinski definition) is 1. The smallest absolute Gasteiger partial charge is 0.279 e. The highest BCUT2D eigenvalue weighted by Crippen LogP contribution is 2.07. The van der Waals surface area contributed by atoms with Crippen molar-refractivity contribution >= 4 is 11.6 Å². The van der Waals surface area contributed by atoms with E-state index in [-0.39, 0.29) is 11.7 Å². The lowest BCUT2D eigenvalue weighted by Gasteiger charge is -2.16. The zero-order chi connectivity index (χ0) is 12.8. The van der Waals surface area contributed by atoms with Crippen LogP contribution in [-0.2, 0) is 4.79 Å². The van der Waals surface area contributed by atoms with Gasteiger partial charge >= 0.3 is 0 Å². The second kappa shape index (κ2) is 6.50. The van der Waals surface area contributed by atoms with E-state index in [1.807, 2.05) is 0 Å². The van der Waals surface area contributed by atoms with E-state index < -0.39 is 0 Å². The molecular formula is C14H20FN2O+. The molecule has 1 fully saturated rings. The molecule has 98 valence electrons. The predicted octanol–water partition coefficient (Wildman–Crippen LogP) is 1.22. The van der Waals surface area contributed by atoms with Gasteiger partial charge in [0.2, 0.25) is 0 Å². The molecule has 0 aromatic heterocycles. The minimum Gasteiger partial charge on any atom is -0.327 e. The van der Waals surface area contributed by atoms with Gasteiger partial charge in [-0.3, -0.25) is 4.79 Å². The summed E-state index contributed by atoms with van der Waals surface area (Å²) in [5.41, 5.74) is 0.663. The van der Waals surface area contributed by atoms with Crippen LogP contribution in [0.3, 0.4) is 0 Å². The average molecular weight is 251 g/mol. The fraction of sp³-hybridized carbons (Fsp3) is 0.500. The number of rotatable bonds is 3. The minimum absolute atomic E-state index is 0.0125. The summed E-state index contributed by atoms with van der Waals surface area (Å²) < 4.78 is 12.7. The standard InChI is InChI=1S/C14H19FN2O/c15-12-5-7-13(8-6-12)16-14(18)11-17-9-3-1-2-4-10-17/h5-8H,1-4,9-11H2,(H,16,18)/p+1. The summed E-state index contributed by atoms with van der Waals surface area (Å²) in [6.07, 6.45) is 4.98. The van der Waals surface area contributed by atoms with Crippen LogP contribution in [0.4, 0.5) is 10.1 Å². The first kappa shape index (κ1) is 13.0. The first-order chi connectivity index (χ1) is 8.74. The molecule has 0 saturated carbocycles. The number of nitrogens with one attached hydrogen (secondary N) is 2. The molecule has 1 aliphatic rings. The highest BCUT2D eigenvalue weighted by molar-refractivity contribution is 5.91. The van der Waals surface area contributed by atoms with Crippen molar-refractivity contribution in [1.82, 2.24) is 0 Å². The van der Waals surface area contributed by atoms with Crippen molar-refractivity contribution < 1.29 is 14.1 Å². The van der Waals surface area contributed by atoms with Gasteiger partial charge < -0.3 is 10.2 Å². The lowest BCUT2D eigenvalue weighted by molar-refractivity contribution is -0.890. The normalized spacial score (nSPS) is 17.2. The zero-order valence-corrected chi connectivity index (χ0v) is 10.5. The number of carbonyl (C=O) groups is 1. The third-order valence-corrected chi connectivity index (χ3v) is 3.35. The molecule has 1 aromatic carbocycles. The first-order valence-electron chi connectivity index (χ1n) is 6.63. The number of anilines is 1. The van der Waals surface area contributed by atoms with Crippen molar-refractivity contribution in [3.05, 3.63) is 30.1 Å². The minimum atomic E-state index is -0.286. The molecule has 0 unspecified atom stereocenters. The van der Waals surface area contributed by atoms with E-state index in [0.717, 1.165) is 13.1 Å². The van der Waals surface area contributed by atoms with Crippen LogP contribution in [-0.4, -0.2) is 25.5 Å². The number of benzene rings is 1. The maximum atomic E-state index is 12.7. The fourth-order valence-corrected chi connectivity index (χ4v) is 2.37. The van der Waals surface area contributed by atoms with Crippen molar-refractivity contribution in [2.24, 2.45) is 0 Å². The van der Waals surface area contributed by atoms with Crippen LogP contribution >= 0.6 is 0 Å². The maximum Gasteiger partial charge on any atom is 0.279 e. The summed E-state index contributed by atoms with van der Waals surface area (Å²) in [6.45, 7) is 2.67. The number of carbonyl (C=O) groups excluding carboxylic acids is 1. The molecule has 0 spiro atoms. The second-order valence-corrected chi connectivity index (χ2v) is 4.90. The lowest BCUT2D eigenvalue weighted by Crippen LogP contribution is -3.12. The van der Waals surface area contributed by atoms with Crippen LogP contribution in [0, 0.1) is 5.82 Å². The molecule has 1 heterocycles. The van der Waals surface area contributed by atoms with Crippen LogP contribution in [0.15, 0.2) is 24.3 Å². The topological polar surface area (TPSA) is 33.5 Å². The van der Waals surface area contributed by atoms with Gasteiger partial charge in [0.1, 0.15) is 5.82 Å². The number of likely N-dealkylation sites (tertiary alicyclic amines) is 1. The predicted molar refractivity (Wildman–Crippen MR) is 69.1 cm³/mol. The third-order valence-electron chi connectivity index (χ3n) is 3.35. The van der Waals surface area contributed by atoms with Crippen molar-refractivity contribution in [1.29, 1.82) is 0 Å². The summed E-state index contributed by atoms with van der Waals surface area (Å²) >= 11 is 0. The molecule has 1 aromatic rings. The zero-order valence-electron chi connectivity index (χ0n) is 10.5. The molecule has 0 atom stereocenters. The first-order valence-corrected chi connectivity index (χ1v) is 6.63. The second-order valence-electron chi connectivity index (χ2n) is 4.90. The van der Waals surface area contributed by atoms with Crippen molar-refractivity contribution in [2.75, 3.05) is 25.0 Å². The van der Waals surface area contributed by atoms with Crippen LogP contribution in [0.2, 0.25) is 0 Å². The molecule has 2 N–H and O–H groups in total. The summed E-state index contributed by atoms with van der Waals surface area (Å²) in [5, 5.41) is 2.81. The maximum absolute atomic E-state index is 12.7. The quantitative estimate of drug-likeness (QED) is 0.832. The number of halogens is 1. The molecule has 3 nitrogen and oxygen atoms in total. The number of amides is 1. The summed E-state index contributed by atoms with van der Waals surface area (Å²) in [6, 6.07) is 5.89. The summed E-state index contributed by atoms with van der Waals surface area (Å²) in [4.78, 5) is 13.2. The SMILES string of the molecule is O=C(C[NH+]1CCCCCC1)Nc1ccc(F)cc1. The third kappa shape index (κ3) is 4.11. The molecule has 0 aliphatic carbocycles. The van der Waals surface area contributed by atoms with Gasteiger partial charge in [0.05, 0.1) is 13.1 Å². The molecule has 2 rings (SSSR count). The lowest BCUT2D eigenvalue weighted by atomic mass is 10.2. The van der Waals surface area contributed by atoms with Crippen molar-refractivity contribution in [3.63, 3.8) is 0 Å². The Hall–Kier alpha value is -1.42. The van der Waals surface area contributed by atoms with Crippen molar-refractivity contribution in [3.8, 4) is 0 Å². The van der Waals surface area contributed by atoms with Gasteiger partial charge in [0.15, 0.2) is 6.54 Å². The Morgan fingerprint density at radius 1 is 1.11 bits per heavy atom. The van der Waals surface area contributed by atoms with E-state index in [4.69, 9.17) is 0 Å². The monoisotopic (exact) mass is 251 g/mol. The van der Waals surface area contributed by atoms with E-state index in [9.17, 15) is 9.18 Å². The average Bonchev–Trinajstić information content (AvgIpc) is 2.61. The van der Waals surface area contributed by atoms with Gasteiger partial charge in [0, 0.05) is 5.69 Å². The van der Waals surface area contributed by atoms with Gasteiger partial charge in [-0.15, -0.1) is 0 Å². The Kier molecular flexibility index (Phi) is 4.70. The summed E-state index contributed by atoms with van der Waals surface area (Å²) in [7, 11) is 0. The van der Waals surface area contributed by atoms with Crippen LogP contribution < -0.4 is 10.2 Å². The Morgan fingerprint density at radius 2 is 1.72 bits per heavy atom. The van der Waals surface area contributed by atoms with Gasteiger partial charge in [-0.1, -0.05) is 0 Å². The molecule has 1 saturated heterocycles. The highest BCUT2D eigenvalue weighted by Gasteiger charge is 2.16. The molecule has 1 aliphatic heterocycles. The van der Waals surface area contributed by atoms with E-state index in [2.05, 4.69) is 5.32 Å². The van der Waals surface area contributed by atoms with Gasteiger partial charge in [0.25, 0.3) is 5.91 Å². The van der Waals surface area contributed by atoms with Crippen LogP contribution in [0.25, 0.3) is 0 Å². The van der Waals surface area contributed by atoms with Crippen LogP contribution in [0.1, 0.15) is 25.7 Å². The highest BCUT2D eigenvalue weighted by atomic mass is 19.1. The van der Waals surface area contributed by atoms with Gasteiger partial charge in [-0.2, -0.15) is 0 Å². The number of hydrogen-bond donors (Lipinski definition) is 2. The Labute approximate surface area is 107 Å². The van der Waals surface area contributed by atoms with Gasteiger partial charge in [-0.25, -0.2) is 4.39 Å². The molecular weight excluding hydrogens is 231 g/mol. The van der Waals surface area contributed by atoms with E-state index >= 15 is 0 Å². The molecule has 0 bridgehead atoms. The van der Waals surface area contributed by atoms with E-state index in [0.29, 0.717) is 12.2 Å². The molecule has 1 amide bonds. The van der Waals surface area contributed by atoms with E-state index in [1.54, 1.807) is 12.1 Å². The fourth-order valence-electron chi connectivity index (χ4n) is 2.37. The number of quaternary nitrogens is 1. The Balaban J connectivity index is 1.82. The van der Waals surface area contributed by atoms with Crippen LogP contribution in [0.5, 0.6) is 0 Å². The molecule has 0 radical (unpaired) electrons.